The predicted molar refractivity (Wildman–Crippen MR) is 66.2 cm³/mol. The van der Waals surface area contributed by atoms with Crippen LogP contribution in [0.4, 0.5) is 18.9 Å². The summed E-state index contributed by atoms with van der Waals surface area (Å²) in [5, 5.41) is 14.1. The van der Waals surface area contributed by atoms with E-state index in [1.54, 1.807) is 0 Å². The molecule has 0 saturated carbocycles. The van der Waals surface area contributed by atoms with E-state index in [-0.39, 0.29) is 6.54 Å². The number of rotatable bonds is 3. The molecular weight excluding hydrogens is 275 g/mol. The quantitative estimate of drug-likeness (QED) is 0.683. The minimum Gasteiger partial charge on any atom is -0.314 e. The molecule has 5 nitrogen and oxygen atoms in total. The summed E-state index contributed by atoms with van der Waals surface area (Å²) in [6.07, 6.45) is -4.57. The van der Waals surface area contributed by atoms with Crippen LogP contribution >= 0.6 is 0 Å². The third-order valence-electron chi connectivity index (χ3n) is 3.21. The Morgan fingerprint density at radius 1 is 1.30 bits per heavy atom. The van der Waals surface area contributed by atoms with Crippen LogP contribution in [0.25, 0.3) is 0 Å². The van der Waals surface area contributed by atoms with Gasteiger partial charge in [0.15, 0.2) is 0 Å². The zero-order valence-corrected chi connectivity index (χ0v) is 10.6. The molecule has 0 aromatic heterocycles. The van der Waals surface area contributed by atoms with Gasteiger partial charge in [-0.05, 0) is 6.07 Å². The fourth-order valence-electron chi connectivity index (χ4n) is 2.15. The van der Waals surface area contributed by atoms with Gasteiger partial charge in [0, 0.05) is 44.4 Å². The number of piperazine rings is 1. The molecule has 0 amide bonds. The van der Waals surface area contributed by atoms with Gasteiger partial charge in [-0.15, -0.1) is 0 Å². The molecule has 0 unspecified atom stereocenters. The first-order chi connectivity index (χ1) is 9.38. The number of hydrogen-bond acceptors (Lipinski definition) is 4. The molecule has 20 heavy (non-hydrogen) atoms. The van der Waals surface area contributed by atoms with Gasteiger partial charge in [-0.1, -0.05) is 6.07 Å². The SMILES string of the molecule is O=[N+]([O-])c1cc(C(F)(F)F)ccc1CN1CCNCC1. The van der Waals surface area contributed by atoms with Crippen molar-refractivity contribution in [3.63, 3.8) is 0 Å². The lowest BCUT2D eigenvalue weighted by molar-refractivity contribution is -0.386. The minimum absolute atomic E-state index is 0.288. The number of nitrogens with one attached hydrogen (secondary N) is 1. The number of benzene rings is 1. The summed E-state index contributed by atoms with van der Waals surface area (Å²) >= 11 is 0. The number of halogens is 3. The topological polar surface area (TPSA) is 58.4 Å². The Kier molecular flexibility index (Phi) is 4.24. The molecule has 1 aromatic carbocycles. The molecule has 0 aliphatic carbocycles. The Labute approximate surface area is 113 Å². The molecule has 1 aliphatic heterocycles. The van der Waals surface area contributed by atoms with E-state index in [1.165, 1.54) is 6.07 Å². The van der Waals surface area contributed by atoms with Gasteiger partial charge >= 0.3 is 6.18 Å². The van der Waals surface area contributed by atoms with Gasteiger partial charge in [-0.3, -0.25) is 15.0 Å². The normalized spacial score (nSPS) is 17.1. The highest BCUT2D eigenvalue weighted by molar-refractivity contribution is 5.44. The monoisotopic (exact) mass is 289 g/mol. The zero-order valence-electron chi connectivity index (χ0n) is 10.6. The van der Waals surface area contributed by atoms with Crippen molar-refractivity contribution in [2.45, 2.75) is 12.7 Å². The van der Waals surface area contributed by atoms with E-state index >= 15 is 0 Å². The number of nitro groups is 1. The van der Waals surface area contributed by atoms with Crippen molar-refractivity contribution in [1.29, 1.82) is 0 Å². The van der Waals surface area contributed by atoms with Crippen LogP contribution in [0.3, 0.4) is 0 Å². The first kappa shape index (κ1) is 14.7. The van der Waals surface area contributed by atoms with Gasteiger partial charge in [-0.2, -0.15) is 13.2 Å². The number of nitrogens with zero attached hydrogens (tertiary/aromatic N) is 2. The molecule has 1 aliphatic rings. The van der Waals surface area contributed by atoms with Crippen LogP contribution in [0.5, 0.6) is 0 Å². The third-order valence-corrected chi connectivity index (χ3v) is 3.21. The van der Waals surface area contributed by atoms with E-state index in [4.69, 9.17) is 0 Å². The second-order valence-corrected chi connectivity index (χ2v) is 4.62. The minimum atomic E-state index is -4.57. The molecule has 1 fully saturated rings. The Bertz CT molecular complexity index is 499. The molecule has 1 N–H and O–H groups in total. The molecule has 1 heterocycles. The average Bonchev–Trinajstić information content (AvgIpc) is 2.38. The number of nitro benzene ring substituents is 1. The summed E-state index contributed by atoms with van der Waals surface area (Å²) < 4.78 is 37.7. The summed E-state index contributed by atoms with van der Waals surface area (Å²) in [5.41, 5.74) is -1.16. The maximum absolute atomic E-state index is 12.6. The van der Waals surface area contributed by atoms with Gasteiger partial charge in [0.2, 0.25) is 0 Å². The lowest BCUT2D eigenvalue weighted by atomic mass is 10.1. The molecule has 0 atom stereocenters. The van der Waals surface area contributed by atoms with E-state index in [0.29, 0.717) is 11.6 Å². The number of hydrogen-bond donors (Lipinski definition) is 1. The first-order valence-electron chi connectivity index (χ1n) is 6.15. The van der Waals surface area contributed by atoms with E-state index in [1.807, 2.05) is 4.90 Å². The third kappa shape index (κ3) is 3.45. The molecule has 1 saturated heterocycles. The smallest absolute Gasteiger partial charge is 0.314 e. The van der Waals surface area contributed by atoms with Crippen LogP contribution in [0, 0.1) is 10.1 Å². The fourth-order valence-corrected chi connectivity index (χ4v) is 2.15. The molecule has 0 bridgehead atoms. The summed E-state index contributed by atoms with van der Waals surface area (Å²) in [4.78, 5) is 12.2. The Balaban J connectivity index is 2.25. The molecule has 8 heteroatoms. The Morgan fingerprint density at radius 2 is 1.95 bits per heavy atom. The van der Waals surface area contributed by atoms with E-state index in [9.17, 15) is 23.3 Å². The summed E-state index contributed by atoms with van der Waals surface area (Å²) in [6.45, 7) is 3.27. The highest BCUT2D eigenvalue weighted by atomic mass is 19.4. The van der Waals surface area contributed by atoms with Crippen LogP contribution < -0.4 is 5.32 Å². The van der Waals surface area contributed by atoms with Gasteiger partial charge in [-0.25, -0.2) is 0 Å². The standard InChI is InChI=1S/C12H14F3N3O2/c13-12(14,15)10-2-1-9(11(7-10)18(19)20)8-17-5-3-16-4-6-17/h1-2,7,16H,3-6,8H2. The van der Waals surface area contributed by atoms with Crippen molar-refractivity contribution < 1.29 is 18.1 Å². The van der Waals surface area contributed by atoms with Crippen molar-refractivity contribution in [3.05, 3.63) is 39.4 Å². The van der Waals surface area contributed by atoms with Crippen LogP contribution in [-0.4, -0.2) is 36.0 Å². The van der Waals surface area contributed by atoms with Crippen molar-refractivity contribution in [1.82, 2.24) is 10.2 Å². The maximum atomic E-state index is 12.6. The Hall–Kier alpha value is -1.67. The molecule has 2 rings (SSSR count). The van der Waals surface area contributed by atoms with E-state index in [0.717, 1.165) is 32.2 Å². The Morgan fingerprint density at radius 3 is 2.50 bits per heavy atom. The van der Waals surface area contributed by atoms with E-state index in [2.05, 4.69) is 5.32 Å². The van der Waals surface area contributed by atoms with Crippen LogP contribution in [0.2, 0.25) is 0 Å². The van der Waals surface area contributed by atoms with Crippen LogP contribution in [0.15, 0.2) is 18.2 Å². The lowest BCUT2D eigenvalue weighted by Gasteiger charge is -2.27. The molecular formula is C12H14F3N3O2. The highest BCUT2D eigenvalue weighted by Gasteiger charge is 2.33. The lowest BCUT2D eigenvalue weighted by Crippen LogP contribution is -2.42. The van der Waals surface area contributed by atoms with Gasteiger partial charge in [0.1, 0.15) is 0 Å². The predicted octanol–water partition coefficient (Wildman–Crippen LogP) is 2.02. The largest absolute Gasteiger partial charge is 0.416 e. The van der Waals surface area contributed by atoms with Gasteiger partial charge in [0.05, 0.1) is 10.5 Å². The maximum Gasteiger partial charge on any atom is 0.416 e. The highest BCUT2D eigenvalue weighted by Crippen LogP contribution is 2.33. The average molecular weight is 289 g/mol. The van der Waals surface area contributed by atoms with Crippen molar-refractivity contribution >= 4 is 5.69 Å². The second kappa shape index (κ2) is 5.76. The molecule has 110 valence electrons. The van der Waals surface area contributed by atoms with Crippen LogP contribution in [-0.2, 0) is 12.7 Å². The van der Waals surface area contributed by atoms with Crippen molar-refractivity contribution in [2.24, 2.45) is 0 Å². The van der Waals surface area contributed by atoms with Gasteiger partial charge in [0.25, 0.3) is 5.69 Å². The second-order valence-electron chi connectivity index (χ2n) is 4.62. The summed E-state index contributed by atoms with van der Waals surface area (Å²) in [6, 6.07) is 2.70. The fraction of sp³-hybridized carbons (Fsp3) is 0.500. The van der Waals surface area contributed by atoms with Crippen molar-refractivity contribution in [3.8, 4) is 0 Å². The first-order valence-corrected chi connectivity index (χ1v) is 6.15. The number of alkyl halides is 3. The zero-order chi connectivity index (χ0) is 14.8. The molecule has 0 radical (unpaired) electrons. The summed E-state index contributed by atoms with van der Waals surface area (Å²) in [7, 11) is 0. The van der Waals surface area contributed by atoms with E-state index < -0.39 is 22.4 Å². The molecule has 1 aromatic rings. The molecule has 0 spiro atoms. The van der Waals surface area contributed by atoms with Crippen molar-refractivity contribution in [2.75, 3.05) is 26.2 Å². The van der Waals surface area contributed by atoms with Crippen LogP contribution in [0.1, 0.15) is 11.1 Å². The summed E-state index contributed by atoms with van der Waals surface area (Å²) in [5.74, 6) is 0. The van der Waals surface area contributed by atoms with Gasteiger partial charge < -0.3 is 5.32 Å².